The Bertz CT molecular complexity index is 670. The summed E-state index contributed by atoms with van der Waals surface area (Å²) in [6, 6.07) is 14.7. The van der Waals surface area contributed by atoms with Gasteiger partial charge in [0.25, 0.3) is 0 Å². The van der Waals surface area contributed by atoms with Gasteiger partial charge in [-0.05, 0) is 31.3 Å². The first-order valence-corrected chi connectivity index (χ1v) is 8.54. The fourth-order valence-electron chi connectivity index (χ4n) is 2.95. The summed E-state index contributed by atoms with van der Waals surface area (Å²) >= 11 is 0. The average molecular weight is 326 g/mol. The molecule has 0 spiro atoms. The highest BCUT2D eigenvalue weighted by Gasteiger charge is 2.14. The molecule has 1 N–H and O–H groups in total. The second-order valence-corrected chi connectivity index (χ2v) is 6.40. The molecular weight excluding hydrogens is 300 g/mol. The molecule has 0 saturated heterocycles. The molecule has 1 aliphatic rings. The van der Waals surface area contributed by atoms with Crippen molar-refractivity contribution in [3.8, 4) is 11.5 Å². The van der Waals surface area contributed by atoms with Crippen LogP contribution in [0.2, 0.25) is 0 Å². The van der Waals surface area contributed by atoms with Crippen LogP contribution in [0.1, 0.15) is 23.1 Å². The maximum atomic E-state index is 5.89. The van der Waals surface area contributed by atoms with E-state index in [1.807, 2.05) is 12.1 Å². The quantitative estimate of drug-likeness (QED) is 0.884. The minimum absolute atomic E-state index is 0.718. The summed E-state index contributed by atoms with van der Waals surface area (Å²) in [6.07, 6.45) is 0.930. The van der Waals surface area contributed by atoms with Crippen molar-refractivity contribution in [1.82, 2.24) is 10.2 Å². The summed E-state index contributed by atoms with van der Waals surface area (Å²) < 4.78 is 11.6. The van der Waals surface area contributed by atoms with Gasteiger partial charge in [-0.25, -0.2) is 0 Å². The molecule has 4 nitrogen and oxygen atoms in total. The van der Waals surface area contributed by atoms with Crippen molar-refractivity contribution in [2.45, 2.75) is 26.1 Å². The highest BCUT2D eigenvalue weighted by atomic mass is 16.5. The molecule has 0 saturated carbocycles. The van der Waals surface area contributed by atoms with Crippen molar-refractivity contribution < 1.29 is 9.47 Å². The fourth-order valence-corrected chi connectivity index (χ4v) is 2.95. The monoisotopic (exact) mass is 326 g/mol. The maximum absolute atomic E-state index is 5.89. The SMILES string of the molecule is CN(C)Cc1ccccc1CNCc1cccc2c1OCCCO2. The first-order valence-electron chi connectivity index (χ1n) is 8.54. The molecule has 0 radical (unpaired) electrons. The number of hydrogen-bond donors (Lipinski definition) is 1. The molecule has 0 amide bonds. The average Bonchev–Trinajstić information content (AvgIpc) is 2.82. The van der Waals surface area contributed by atoms with Gasteiger partial charge in [-0.2, -0.15) is 0 Å². The lowest BCUT2D eigenvalue weighted by Gasteiger charge is -2.16. The predicted molar refractivity (Wildman–Crippen MR) is 96.4 cm³/mol. The van der Waals surface area contributed by atoms with E-state index in [1.165, 1.54) is 11.1 Å². The Labute approximate surface area is 144 Å². The third kappa shape index (κ3) is 4.28. The molecule has 1 aliphatic heterocycles. The molecule has 3 rings (SSSR count). The van der Waals surface area contributed by atoms with Gasteiger partial charge in [0.15, 0.2) is 11.5 Å². The Kier molecular flexibility index (Phi) is 5.72. The van der Waals surface area contributed by atoms with E-state index in [0.29, 0.717) is 0 Å². The van der Waals surface area contributed by atoms with Crippen LogP contribution in [0.15, 0.2) is 42.5 Å². The Hall–Kier alpha value is -2.04. The van der Waals surface area contributed by atoms with Crippen molar-refractivity contribution in [2.75, 3.05) is 27.3 Å². The highest BCUT2D eigenvalue weighted by Crippen LogP contribution is 2.33. The molecule has 0 unspecified atom stereocenters. The van der Waals surface area contributed by atoms with E-state index in [-0.39, 0.29) is 0 Å². The largest absolute Gasteiger partial charge is 0.490 e. The van der Waals surface area contributed by atoms with Gasteiger partial charge < -0.3 is 19.7 Å². The van der Waals surface area contributed by atoms with E-state index in [2.05, 4.69) is 54.6 Å². The van der Waals surface area contributed by atoms with Crippen LogP contribution in [0.25, 0.3) is 0 Å². The van der Waals surface area contributed by atoms with Crippen LogP contribution < -0.4 is 14.8 Å². The van der Waals surface area contributed by atoms with Crippen LogP contribution >= 0.6 is 0 Å². The van der Waals surface area contributed by atoms with Crippen LogP contribution in [0.4, 0.5) is 0 Å². The molecule has 24 heavy (non-hydrogen) atoms. The smallest absolute Gasteiger partial charge is 0.165 e. The van der Waals surface area contributed by atoms with E-state index in [0.717, 1.165) is 56.3 Å². The Morgan fingerprint density at radius 1 is 0.875 bits per heavy atom. The number of nitrogens with zero attached hydrogens (tertiary/aromatic N) is 1. The number of fused-ring (bicyclic) bond motifs is 1. The standard InChI is InChI=1S/C20H26N2O2/c1-22(2)15-18-8-4-3-7-16(18)13-21-14-17-9-5-10-19-20(17)24-12-6-11-23-19/h3-5,7-10,21H,6,11-15H2,1-2H3. The van der Waals surface area contributed by atoms with E-state index < -0.39 is 0 Å². The molecule has 1 heterocycles. The summed E-state index contributed by atoms with van der Waals surface area (Å²) in [4.78, 5) is 2.20. The van der Waals surface area contributed by atoms with Gasteiger partial charge in [0.05, 0.1) is 13.2 Å². The van der Waals surface area contributed by atoms with Gasteiger partial charge in [0.2, 0.25) is 0 Å². The second-order valence-electron chi connectivity index (χ2n) is 6.40. The molecular formula is C20H26N2O2. The summed E-state index contributed by atoms with van der Waals surface area (Å²) in [5, 5.41) is 3.55. The molecule has 0 aromatic heterocycles. The van der Waals surface area contributed by atoms with E-state index in [4.69, 9.17) is 9.47 Å². The molecule has 0 fully saturated rings. The zero-order valence-corrected chi connectivity index (χ0v) is 14.5. The van der Waals surface area contributed by atoms with E-state index in [1.54, 1.807) is 0 Å². The minimum Gasteiger partial charge on any atom is -0.490 e. The van der Waals surface area contributed by atoms with Gasteiger partial charge in [-0.3, -0.25) is 0 Å². The molecule has 4 heteroatoms. The Morgan fingerprint density at radius 3 is 2.42 bits per heavy atom. The third-order valence-corrected chi connectivity index (χ3v) is 4.09. The lowest BCUT2D eigenvalue weighted by molar-refractivity contribution is 0.296. The van der Waals surface area contributed by atoms with Crippen LogP contribution in [0.5, 0.6) is 11.5 Å². The first-order chi connectivity index (χ1) is 11.7. The van der Waals surface area contributed by atoms with Crippen molar-refractivity contribution in [1.29, 1.82) is 0 Å². The summed E-state index contributed by atoms with van der Waals surface area (Å²) in [5.74, 6) is 1.75. The lowest BCUT2D eigenvalue weighted by Crippen LogP contribution is -2.17. The van der Waals surface area contributed by atoms with Crippen molar-refractivity contribution in [3.63, 3.8) is 0 Å². The lowest BCUT2D eigenvalue weighted by atomic mass is 10.1. The summed E-state index contributed by atoms with van der Waals surface area (Å²) in [6.45, 7) is 4.00. The molecule has 0 bridgehead atoms. The van der Waals surface area contributed by atoms with Gasteiger partial charge in [0.1, 0.15) is 0 Å². The topological polar surface area (TPSA) is 33.7 Å². The number of ether oxygens (including phenoxy) is 2. The second kappa shape index (κ2) is 8.18. The van der Waals surface area contributed by atoms with Crippen molar-refractivity contribution in [3.05, 3.63) is 59.2 Å². The molecule has 128 valence electrons. The van der Waals surface area contributed by atoms with Gasteiger partial charge in [0, 0.05) is 31.6 Å². The van der Waals surface area contributed by atoms with E-state index in [9.17, 15) is 0 Å². The van der Waals surface area contributed by atoms with Gasteiger partial charge >= 0.3 is 0 Å². The normalized spacial score (nSPS) is 13.8. The molecule has 0 aliphatic carbocycles. The van der Waals surface area contributed by atoms with Crippen molar-refractivity contribution >= 4 is 0 Å². The number of benzene rings is 2. The first kappa shape index (κ1) is 16.8. The van der Waals surface area contributed by atoms with Gasteiger partial charge in [-0.15, -0.1) is 0 Å². The fraction of sp³-hybridized carbons (Fsp3) is 0.400. The molecule has 0 atom stereocenters. The van der Waals surface area contributed by atoms with Crippen LogP contribution in [-0.4, -0.2) is 32.2 Å². The Balaban J connectivity index is 1.65. The summed E-state index contributed by atoms with van der Waals surface area (Å²) in [5.41, 5.74) is 3.85. The number of para-hydroxylation sites is 1. The third-order valence-electron chi connectivity index (χ3n) is 4.09. The zero-order chi connectivity index (χ0) is 16.8. The number of hydrogen-bond acceptors (Lipinski definition) is 4. The van der Waals surface area contributed by atoms with E-state index >= 15 is 0 Å². The number of rotatable bonds is 6. The highest BCUT2D eigenvalue weighted by molar-refractivity contribution is 5.47. The molecule has 2 aromatic carbocycles. The predicted octanol–water partition coefficient (Wildman–Crippen LogP) is 3.20. The maximum Gasteiger partial charge on any atom is 0.165 e. The minimum atomic E-state index is 0.718. The van der Waals surface area contributed by atoms with Crippen LogP contribution in [0, 0.1) is 0 Å². The Morgan fingerprint density at radius 2 is 1.58 bits per heavy atom. The summed E-state index contributed by atoms with van der Waals surface area (Å²) in [7, 11) is 4.20. The van der Waals surface area contributed by atoms with Crippen LogP contribution in [0.3, 0.4) is 0 Å². The zero-order valence-electron chi connectivity index (χ0n) is 14.5. The molecule has 2 aromatic rings. The van der Waals surface area contributed by atoms with Gasteiger partial charge in [-0.1, -0.05) is 36.4 Å². The van der Waals surface area contributed by atoms with Crippen molar-refractivity contribution in [2.24, 2.45) is 0 Å². The van der Waals surface area contributed by atoms with Crippen LogP contribution in [-0.2, 0) is 19.6 Å². The number of nitrogens with one attached hydrogen (secondary N) is 1.